The highest BCUT2D eigenvalue weighted by Gasteiger charge is 2.21. The molecule has 2 aromatic carbocycles. The summed E-state index contributed by atoms with van der Waals surface area (Å²) in [4.78, 5) is 14.1. The Kier molecular flexibility index (Phi) is 5.33. The second-order valence-corrected chi connectivity index (χ2v) is 7.51. The average molecular weight is 381 g/mol. The van der Waals surface area contributed by atoms with Crippen molar-refractivity contribution in [3.8, 4) is 16.9 Å². The number of carboxylic acids is 1. The van der Waals surface area contributed by atoms with Gasteiger partial charge in [-0.2, -0.15) is 0 Å². The van der Waals surface area contributed by atoms with Crippen LogP contribution >= 0.6 is 0 Å². The quantitative estimate of drug-likeness (QED) is 0.575. The second-order valence-electron chi connectivity index (χ2n) is 7.51. The van der Waals surface area contributed by atoms with Crippen molar-refractivity contribution in [2.45, 2.75) is 51.0 Å². The van der Waals surface area contributed by atoms with Gasteiger partial charge in [0.2, 0.25) is 0 Å². The first-order valence-electron chi connectivity index (χ1n) is 9.88. The van der Waals surface area contributed by atoms with Crippen LogP contribution in [-0.4, -0.2) is 22.2 Å². The van der Waals surface area contributed by atoms with Crippen molar-refractivity contribution in [3.05, 3.63) is 54.0 Å². The van der Waals surface area contributed by atoms with Gasteiger partial charge in [-0.1, -0.05) is 12.5 Å². The van der Waals surface area contributed by atoms with Crippen molar-refractivity contribution < 1.29 is 19.0 Å². The molecule has 0 unspecified atom stereocenters. The van der Waals surface area contributed by atoms with Crippen molar-refractivity contribution in [2.75, 3.05) is 0 Å². The molecule has 2 N–H and O–H groups in total. The van der Waals surface area contributed by atoms with Crippen LogP contribution in [0.2, 0.25) is 0 Å². The van der Waals surface area contributed by atoms with Gasteiger partial charge in [0.1, 0.15) is 0 Å². The minimum Gasteiger partial charge on any atom is -0.487 e. The van der Waals surface area contributed by atoms with E-state index in [2.05, 4.69) is 4.98 Å². The van der Waals surface area contributed by atoms with Crippen LogP contribution in [0, 0.1) is 5.82 Å². The number of aromatic nitrogens is 1. The number of H-pyrrole nitrogens is 1. The molecule has 1 aliphatic rings. The van der Waals surface area contributed by atoms with Gasteiger partial charge in [0.25, 0.3) is 0 Å². The number of benzene rings is 2. The average Bonchev–Trinajstić information content (AvgIpc) is 3.16. The number of fused-ring (bicyclic) bond motifs is 1. The zero-order valence-electron chi connectivity index (χ0n) is 15.7. The molecule has 146 valence electrons. The molecular formula is C23H24FNO3. The van der Waals surface area contributed by atoms with Gasteiger partial charge in [-0.15, -0.1) is 0 Å². The maximum Gasteiger partial charge on any atom is 0.303 e. The molecule has 0 spiro atoms. The van der Waals surface area contributed by atoms with Gasteiger partial charge in [-0.25, -0.2) is 4.39 Å². The summed E-state index contributed by atoms with van der Waals surface area (Å²) in [6.45, 7) is 0. The number of aromatic amines is 1. The predicted octanol–water partition coefficient (Wildman–Crippen LogP) is 5.70. The third-order valence-corrected chi connectivity index (χ3v) is 5.43. The standard InChI is InChI=1S/C23H24FNO3/c24-20-13-15(6-9-22(26)27)12-19(23(20)28-18-4-2-1-3-5-18)16-7-8-21-17(14-16)10-11-25-21/h7-8,10-14,18,25H,1-6,9H2,(H,26,27). The highest BCUT2D eigenvalue weighted by atomic mass is 19.1. The molecule has 0 bridgehead atoms. The van der Waals surface area contributed by atoms with E-state index in [4.69, 9.17) is 9.84 Å². The first-order valence-corrected chi connectivity index (χ1v) is 9.88. The first kappa shape index (κ1) is 18.5. The Morgan fingerprint density at radius 3 is 2.75 bits per heavy atom. The fourth-order valence-corrected chi connectivity index (χ4v) is 3.95. The third kappa shape index (κ3) is 4.03. The molecular weight excluding hydrogens is 357 g/mol. The lowest BCUT2D eigenvalue weighted by Gasteiger charge is -2.25. The van der Waals surface area contributed by atoms with E-state index in [9.17, 15) is 4.79 Å². The van der Waals surface area contributed by atoms with Gasteiger partial charge < -0.3 is 14.8 Å². The van der Waals surface area contributed by atoms with Crippen LogP contribution < -0.4 is 4.74 Å². The van der Waals surface area contributed by atoms with E-state index in [1.54, 1.807) is 0 Å². The molecule has 5 heteroatoms. The molecule has 4 nitrogen and oxygen atoms in total. The zero-order valence-corrected chi connectivity index (χ0v) is 15.7. The Morgan fingerprint density at radius 2 is 1.96 bits per heavy atom. The van der Waals surface area contributed by atoms with Gasteiger partial charge >= 0.3 is 5.97 Å². The van der Waals surface area contributed by atoms with Crippen LogP contribution in [-0.2, 0) is 11.2 Å². The van der Waals surface area contributed by atoms with E-state index in [1.807, 2.05) is 36.5 Å². The van der Waals surface area contributed by atoms with E-state index in [1.165, 1.54) is 12.5 Å². The van der Waals surface area contributed by atoms with Gasteiger partial charge in [-0.05, 0) is 78.9 Å². The van der Waals surface area contributed by atoms with Crippen molar-refractivity contribution in [1.29, 1.82) is 0 Å². The minimum absolute atomic E-state index is 0.0292. The second kappa shape index (κ2) is 8.05. The molecule has 1 aromatic heterocycles. The molecule has 1 fully saturated rings. The Balaban J connectivity index is 1.75. The zero-order chi connectivity index (χ0) is 19.5. The molecule has 4 rings (SSSR count). The first-order chi connectivity index (χ1) is 13.6. The molecule has 0 saturated heterocycles. The highest BCUT2D eigenvalue weighted by molar-refractivity contribution is 5.86. The summed E-state index contributed by atoms with van der Waals surface area (Å²) < 4.78 is 21.2. The number of ether oxygens (including phenoxy) is 1. The number of nitrogens with one attached hydrogen (secondary N) is 1. The minimum atomic E-state index is -0.891. The van der Waals surface area contributed by atoms with Crippen molar-refractivity contribution in [1.82, 2.24) is 4.98 Å². The van der Waals surface area contributed by atoms with Crippen LogP contribution in [0.15, 0.2) is 42.6 Å². The SMILES string of the molecule is O=C(O)CCc1cc(F)c(OC2CCCCC2)c(-c2ccc3[nH]ccc3c2)c1. The van der Waals surface area contributed by atoms with Crippen LogP contribution in [0.4, 0.5) is 4.39 Å². The number of aryl methyl sites for hydroxylation is 1. The largest absolute Gasteiger partial charge is 0.487 e. The summed E-state index contributed by atoms with van der Waals surface area (Å²) in [6.07, 6.45) is 7.45. The van der Waals surface area contributed by atoms with E-state index in [-0.39, 0.29) is 24.7 Å². The van der Waals surface area contributed by atoms with E-state index < -0.39 is 11.8 Å². The molecule has 0 atom stereocenters. The number of rotatable bonds is 6. The van der Waals surface area contributed by atoms with E-state index in [0.29, 0.717) is 11.1 Å². The van der Waals surface area contributed by atoms with Crippen molar-refractivity contribution >= 4 is 16.9 Å². The fourth-order valence-electron chi connectivity index (χ4n) is 3.95. The lowest BCUT2D eigenvalue weighted by atomic mass is 9.96. The normalized spacial score (nSPS) is 15.0. The van der Waals surface area contributed by atoms with Crippen molar-refractivity contribution in [3.63, 3.8) is 0 Å². The Morgan fingerprint density at radius 1 is 1.14 bits per heavy atom. The third-order valence-electron chi connectivity index (χ3n) is 5.43. The maximum atomic E-state index is 15.1. The summed E-state index contributed by atoms with van der Waals surface area (Å²) in [5.41, 5.74) is 3.24. The van der Waals surface area contributed by atoms with Crippen LogP contribution in [0.1, 0.15) is 44.1 Å². The molecule has 1 heterocycles. The Hall–Kier alpha value is -2.82. The molecule has 0 aliphatic heterocycles. The van der Waals surface area contributed by atoms with Gasteiger partial charge in [0, 0.05) is 23.7 Å². The highest BCUT2D eigenvalue weighted by Crippen LogP contribution is 2.37. The number of hydrogen-bond acceptors (Lipinski definition) is 2. The smallest absolute Gasteiger partial charge is 0.303 e. The Bertz CT molecular complexity index is 989. The van der Waals surface area contributed by atoms with Gasteiger partial charge in [0.15, 0.2) is 11.6 Å². The van der Waals surface area contributed by atoms with E-state index in [0.717, 1.165) is 42.1 Å². The summed E-state index contributed by atoms with van der Waals surface area (Å²) in [6, 6.07) is 11.2. The topological polar surface area (TPSA) is 62.3 Å². The molecule has 3 aromatic rings. The number of hydrogen-bond donors (Lipinski definition) is 2. The monoisotopic (exact) mass is 381 g/mol. The number of carboxylic acid groups (broad SMARTS) is 1. The molecule has 0 radical (unpaired) electrons. The van der Waals surface area contributed by atoms with Crippen LogP contribution in [0.25, 0.3) is 22.0 Å². The lowest BCUT2D eigenvalue weighted by Crippen LogP contribution is -2.20. The summed E-state index contributed by atoms with van der Waals surface area (Å²) in [5.74, 6) is -1.03. The number of aliphatic carboxylic acids is 1. The van der Waals surface area contributed by atoms with Crippen LogP contribution in [0.5, 0.6) is 5.75 Å². The molecule has 28 heavy (non-hydrogen) atoms. The predicted molar refractivity (Wildman–Crippen MR) is 107 cm³/mol. The van der Waals surface area contributed by atoms with Crippen LogP contribution in [0.3, 0.4) is 0 Å². The lowest BCUT2D eigenvalue weighted by molar-refractivity contribution is -0.136. The fraction of sp³-hybridized carbons (Fsp3) is 0.348. The van der Waals surface area contributed by atoms with Gasteiger partial charge in [0.05, 0.1) is 6.10 Å². The summed E-state index contributed by atoms with van der Waals surface area (Å²) in [7, 11) is 0. The maximum absolute atomic E-state index is 15.1. The Labute approximate surface area is 163 Å². The molecule has 1 saturated carbocycles. The summed E-state index contributed by atoms with van der Waals surface area (Å²) in [5, 5.41) is 10.0. The molecule has 1 aliphatic carbocycles. The number of halogens is 1. The van der Waals surface area contributed by atoms with Crippen molar-refractivity contribution in [2.24, 2.45) is 0 Å². The van der Waals surface area contributed by atoms with E-state index >= 15 is 4.39 Å². The summed E-state index contributed by atoms with van der Waals surface area (Å²) >= 11 is 0. The number of carbonyl (C=O) groups is 1. The van der Waals surface area contributed by atoms with Gasteiger partial charge in [-0.3, -0.25) is 4.79 Å². The molecule has 0 amide bonds.